The number of benzene rings is 1. The fraction of sp³-hybridized carbons (Fsp3) is 0.635. The number of alkyl carbamates (subject to hydrolysis) is 1. The summed E-state index contributed by atoms with van der Waals surface area (Å²) in [4.78, 5) is 102. The molecule has 82 heavy (non-hydrogen) atoms. The van der Waals surface area contributed by atoms with Crippen LogP contribution in [0.25, 0.3) is 0 Å². The van der Waals surface area contributed by atoms with E-state index in [1.165, 1.54) is 53.3 Å². The highest BCUT2D eigenvalue weighted by Gasteiger charge is 2.78. The van der Waals surface area contributed by atoms with E-state index in [4.69, 9.17) is 37.9 Å². The SMILES string of the molecule is CCC/C=C\C/C=C\C/C=C\CCCCCCC(=O)O[C@@H](C(=O)O[C@H]1C[C@@]2(O)C(OC(=O)c3ccccc3OC)C3[C@](C)(C(=O)[C@H](OC(=O)N(C)C)C(=C1C)C2(C)C)[C@@H](O)C[C@H]1OC[C@@]31OC(C)=O)[C@H](C=C(C)C)NC(=O)OC(C)(C)C. The lowest BCUT2D eigenvalue weighted by molar-refractivity contribution is -0.345. The summed E-state index contributed by atoms with van der Waals surface area (Å²) >= 11 is 0. The maximum Gasteiger partial charge on any atom is 0.410 e. The van der Waals surface area contributed by atoms with E-state index in [9.17, 15) is 34.2 Å². The maximum absolute atomic E-state index is 16.0. The quantitative estimate of drug-likeness (QED) is 0.0377. The summed E-state index contributed by atoms with van der Waals surface area (Å²) in [5, 5.41) is 29.2. The molecule has 1 aromatic rings. The van der Waals surface area contributed by atoms with Crippen LogP contribution in [-0.2, 0) is 52.3 Å². The molecule has 0 radical (unpaired) electrons. The number of para-hydroxylation sites is 1. The molecule has 2 bridgehead atoms. The summed E-state index contributed by atoms with van der Waals surface area (Å²) in [7, 11) is 4.14. The Hall–Kier alpha value is -6.31. The minimum Gasteiger partial charge on any atom is -0.496 e. The molecule has 3 N–H and O–H groups in total. The lowest BCUT2D eigenvalue weighted by atomic mass is 9.44. The number of Topliss-reactive ketones (excluding diaryl/α,β-unsaturated/α-hetero) is 1. The Kier molecular flexibility index (Phi) is 23.0. The van der Waals surface area contributed by atoms with Crippen LogP contribution in [0.1, 0.15) is 164 Å². The van der Waals surface area contributed by atoms with Crippen LogP contribution in [0, 0.1) is 16.7 Å². The van der Waals surface area contributed by atoms with Gasteiger partial charge in [0, 0.05) is 45.7 Å². The third-order valence-corrected chi connectivity index (χ3v) is 16.1. The summed E-state index contributed by atoms with van der Waals surface area (Å²) in [6.45, 7) is 17.3. The molecule has 1 heterocycles. The molecule has 0 spiro atoms. The lowest BCUT2D eigenvalue weighted by Gasteiger charge is -2.67. The maximum atomic E-state index is 16.0. The standard InChI is InChI=1S/C63H90N2O17/c1-15-16-17-18-19-20-21-22-23-24-25-26-27-28-29-34-48(68)78-50(43(35-39(2)3)64-57(72)82-59(6,7)8)56(71)77-45-37-63(74)54(80-55(70)42-32-30-31-33-44(42)75-14)52-61(11,46(67)36-47-62(52,38-76-47)81-41(5)66)53(69)51(79-58(73)65(12)13)49(40(45)4)60(63,9)10/h17-18,20-21,23-24,30-33,35,43,45-47,50-52,54,67,74H,15-16,19,22,25-29,34,36-38H2,1-14H3,(H,64,72)/b18-17-,21-20-,24-23-/t43-,45-,46-,47+,50+,51+,52?,54?,61+,62-,63+/m0/s1. The first-order valence-electron chi connectivity index (χ1n) is 28.7. The van der Waals surface area contributed by atoms with Gasteiger partial charge in [0.25, 0.3) is 0 Å². The van der Waals surface area contributed by atoms with Crippen molar-refractivity contribution in [2.75, 3.05) is 27.8 Å². The summed E-state index contributed by atoms with van der Waals surface area (Å²) in [5.74, 6) is -6.29. The molecule has 1 aliphatic heterocycles. The average molecular weight is 1150 g/mol. The Morgan fingerprint density at radius 2 is 1.52 bits per heavy atom. The molecule has 2 amide bonds. The van der Waals surface area contributed by atoms with Crippen LogP contribution in [-0.4, -0.2) is 144 Å². The Morgan fingerprint density at radius 3 is 2.11 bits per heavy atom. The number of aliphatic hydroxyl groups excluding tert-OH is 1. The minimum atomic E-state index is -2.51. The van der Waals surface area contributed by atoms with Crippen molar-refractivity contribution in [3.63, 3.8) is 0 Å². The van der Waals surface area contributed by atoms with Crippen LogP contribution >= 0.6 is 0 Å². The molecule has 3 fully saturated rings. The number of aliphatic hydroxyl groups is 2. The van der Waals surface area contributed by atoms with Crippen molar-refractivity contribution in [1.29, 1.82) is 0 Å². The molecule has 1 saturated heterocycles. The van der Waals surface area contributed by atoms with Gasteiger partial charge in [0.2, 0.25) is 6.10 Å². The molecule has 19 heteroatoms. The van der Waals surface area contributed by atoms with Gasteiger partial charge in [-0.1, -0.05) is 100 Å². The van der Waals surface area contributed by atoms with Crippen molar-refractivity contribution < 1.29 is 81.7 Å². The van der Waals surface area contributed by atoms with Crippen molar-refractivity contribution in [3.8, 4) is 5.75 Å². The van der Waals surface area contributed by atoms with E-state index in [2.05, 4.69) is 48.7 Å². The second-order valence-corrected chi connectivity index (χ2v) is 24.1. The third kappa shape index (κ3) is 15.3. The molecule has 1 aromatic carbocycles. The second kappa shape index (κ2) is 28.3. The van der Waals surface area contributed by atoms with Gasteiger partial charge in [-0.2, -0.15) is 0 Å². The van der Waals surface area contributed by atoms with Crippen molar-refractivity contribution in [1.82, 2.24) is 10.2 Å². The highest BCUT2D eigenvalue weighted by molar-refractivity contribution is 5.96. The van der Waals surface area contributed by atoms with Crippen molar-refractivity contribution in [3.05, 3.63) is 89.1 Å². The fourth-order valence-electron chi connectivity index (χ4n) is 11.8. The van der Waals surface area contributed by atoms with Gasteiger partial charge in [-0.3, -0.25) is 14.4 Å². The number of carbonyl (C=O) groups is 7. The Bertz CT molecular complexity index is 2620. The summed E-state index contributed by atoms with van der Waals surface area (Å²) < 4.78 is 48.5. The van der Waals surface area contributed by atoms with Gasteiger partial charge in [-0.25, -0.2) is 19.2 Å². The molecular formula is C63H90N2O17. The van der Waals surface area contributed by atoms with Gasteiger partial charge in [0.1, 0.15) is 40.8 Å². The normalized spacial score (nSPS) is 27.3. The second-order valence-electron chi connectivity index (χ2n) is 24.1. The third-order valence-electron chi connectivity index (χ3n) is 16.1. The first-order valence-corrected chi connectivity index (χ1v) is 28.7. The van der Waals surface area contributed by atoms with Crippen molar-refractivity contribution in [2.45, 2.75) is 213 Å². The summed E-state index contributed by atoms with van der Waals surface area (Å²) in [6.07, 6.45) is 9.12. The van der Waals surface area contributed by atoms with Crippen molar-refractivity contribution in [2.24, 2.45) is 16.7 Å². The lowest BCUT2D eigenvalue weighted by Crippen LogP contribution is -2.82. The number of methoxy groups -OCH3 is 1. The van der Waals surface area contributed by atoms with E-state index in [1.807, 2.05) is 0 Å². The number of carbonyl (C=O) groups excluding carboxylic acids is 7. The molecule has 0 aromatic heterocycles. The van der Waals surface area contributed by atoms with Crippen LogP contribution in [0.5, 0.6) is 5.75 Å². The predicted molar refractivity (Wildman–Crippen MR) is 305 cm³/mol. The van der Waals surface area contributed by atoms with Crippen molar-refractivity contribution >= 4 is 41.8 Å². The average Bonchev–Trinajstić information content (AvgIpc) is 2.37. The molecule has 4 aliphatic rings. The molecular weight excluding hydrogens is 1060 g/mol. The summed E-state index contributed by atoms with van der Waals surface area (Å²) in [6, 6.07) is 4.75. The number of unbranched alkanes of at least 4 members (excludes halogenated alkanes) is 5. The number of esters is 4. The number of fused-ring (bicyclic) bond motifs is 5. The zero-order valence-electron chi connectivity index (χ0n) is 50.6. The number of hydrogen-bond donors (Lipinski definition) is 3. The predicted octanol–water partition coefficient (Wildman–Crippen LogP) is 9.71. The van der Waals surface area contributed by atoms with Gasteiger partial charge in [0.15, 0.2) is 17.5 Å². The number of nitrogens with zero attached hydrogens (tertiary/aromatic N) is 1. The smallest absolute Gasteiger partial charge is 0.410 e. The van der Waals surface area contributed by atoms with E-state index < -0.39 is 124 Å². The van der Waals surface area contributed by atoms with E-state index in [-0.39, 0.29) is 41.9 Å². The molecule has 454 valence electrons. The Balaban J connectivity index is 1.60. The number of hydrogen-bond acceptors (Lipinski definition) is 17. The number of nitrogens with one attached hydrogen (secondary N) is 1. The molecule has 2 saturated carbocycles. The van der Waals surface area contributed by atoms with Crippen LogP contribution in [0.15, 0.2) is 83.5 Å². The number of amides is 2. The monoisotopic (exact) mass is 1150 g/mol. The summed E-state index contributed by atoms with van der Waals surface area (Å²) in [5.41, 5.74) is -8.69. The first-order chi connectivity index (χ1) is 38.5. The van der Waals surface area contributed by atoms with E-state index in [0.717, 1.165) is 56.8 Å². The molecule has 19 nitrogen and oxygen atoms in total. The number of allylic oxidation sites excluding steroid dienone is 7. The van der Waals surface area contributed by atoms with Crippen LogP contribution in [0.2, 0.25) is 0 Å². The fourth-order valence-corrected chi connectivity index (χ4v) is 11.8. The molecule has 11 atom stereocenters. The zero-order chi connectivity index (χ0) is 61.0. The van der Waals surface area contributed by atoms with Crippen LogP contribution in [0.4, 0.5) is 9.59 Å². The minimum absolute atomic E-state index is 0.0580. The Labute approximate surface area is 484 Å². The highest BCUT2D eigenvalue weighted by atomic mass is 16.6. The van der Waals surface area contributed by atoms with Gasteiger partial charge >= 0.3 is 36.1 Å². The van der Waals surface area contributed by atoms with Gasteiger partial charge in [0.05, 0.1) is 37.2 Å². The zero-order valence-corrected chi connectivity index (χ0v) is 50.6. The van der Waals surface area contributed by atoms with Gasteiger partial charge in [-0.15, -0.1) is 0 Å². The largest absolute Gasteiger partial charge is 0.496 e. The van der Waals surface area contributed by atoms with E-state index in [1.54, 1.807) is 60.6 Å². The van der Waals surface area contributed by atoms with E-state index >= 15 is 9.59 Å². The first kappa shape index (κ1) is 66.5. The van der Waals surface area contributed by atoms with Crippen LogP contribution < -0.4 is 10.1 Å². The van der Waals surface area contributed by atoms with Crippen LogP contribution in [0.3, 0.4) is 0 Å². The molecule has 5 rings (SSSR count). The van der Waals surface area contributed by atoms with Gasteiger partial charge < -0.3 is 58.3 Å². The Morgan fingerprint density at radius 1 is 0.890 bits per heavy atom. The molecule has 2 unspecified atom stereocenters. The number of ether oxygens (including phenoxy) is 8. The topological polar surface area (TPSA) is 249 Å². The highest BCUT2D eigenvalue weighted by Crippen LogP contribution is 2.64. The van der Waals surface area contributed by atoms with E-state index in [0.29, 0.717) is 18.4 Å². The molecule has 3 aliphatic carbocycles. The number of ketones is 1. The number of rotatable bonds is 24. The van der Waals surface area contributed by atoms with Gasteiger partial charge in [-0.05, 0) is 110 Å².